The molecule has 1 rings (SSSR count). The summed E-state index contributed by atoms with van der Waals surface area (Å²) < 4.78 is 5.75. The van der Waals surface area contributed by atoms with Crippen LogP contribution in [-0.2, 0) is 11.3 Å². The minimum absolute atomic E-state index is 0.249. The summed E-state index contributed by atoms with van der Waals surface area (Å²) in [7, 11) is 0. The molecular formula is C19H31NO2. The van der Waals surface area contributed by atoms with Crippen molar-refractivity contribution in [3.8, 4) is 5.75 Å². The van der Waals surface area contributed by atoms with Gasteiger partial charge in [-0.2, -0.15) is 0 Å². The lowest BCUT2D eigenvalue weighted by molar-refractivity contribution is -0.117. The molecular weight excluding hydrogens is 274 g/mol. The summed E-state index contributed by atoms with van der Waals surface area (Å²) in [5.41, 5.74) is 1.18. The number of ketones is 1. The first kappa shape index (κ1) is 18.7. The van der Waals surface area contributed by atoms with E-state index in [-0.39, 0.29) is 5.78 Å². The number of Topliss-reactive ketones (excluding diaryl/α,β-unsaturated/α-hetero) is 1. The average molecular weight is 305 g/mol. The first-order valence-corrected chi connectivity index (χ1v) is 8.70. The summed E-state index contributed by atoms with van der Waals surface area (Å²) in [5.74, 6) is 1.18. The van der Waals surface area contributed by atoms with Gasteiger partial charge in [-0.1, -0.05) is 58.1 Å². The summed E-state index contributed by atoms with van der Waals surface area (Å²) in [6.45, 7) is 6.11. The second-order valence-corrected chi connectivity index (χ2v) is 5.76. The number of hydrogen-bond donors (Lipinski definition) is 1. The predicted molar refractivity (Wildman–Crippen MR) is 92.3 cm³/mol. The third-order valence-corrected chi connectivity index (χ3v) is 3.74. The Balaban J connectivity index is 2.12. The summed E-state index contributed by atoms with van der Waals surface area (Å²) in [6, 6.07) is 8.13. The fourth-order valence-corrected chi connectivity index (χ4v) is 2.25. The van der Waals surface area contributed by atoms with Crippen LogP contribution in [0, 0.1) is 0 Å². The van der Waals surface area contributed by atoms with Gasteiger partial charge in [0, 0.05) is 13.0 Å². The maximum absolute atomic E-state index is 11.2. The lowest BCUT2D eigenvalue weighted by atomic mass is 10.1. The van der Waals surface area contributed by atoms with E-state index in [2.05, 4.69) is 24.4 Å². The molecule has 0 spiro atoms. The number of rotatable bonds is 13. The third-order valence-electron chi connectivity index (χ3n) is 3.74. The van der Waals surface area contributed by atoms with Crippen LogP contribution in [0.5, 0.6) is 5.75 Å². The fraction of sp³-hybridized carbons (Fsp3) is 0.632. The number of benzene rings is 1. The zero-order valence-electron chi connectivity index (χ0n) is 14.2. The SMILES string of the molecule is CCCCCCCCOc1ccc(CNCC(=O)CC)cc1. The van der Waals surface area contributed by atoms with Crippen LogP contribution in [0.15, 0.2) is 24.3 Å². The van der Waals surface area contributed by atoms with Crippen molar-refractivity contribution in [2.75, 3.05) is 13.2 Å². The molecule has 0 heterocycles. The molecule has 0 saturated carbocycles. The Bertz CT molecular complexity index is 400. The maximum Gasteiger partial charge on any atom is 0.146 e. The zero-order chi connectivity index (χ0) is 16.0. The van der Waals surface area contributed by atoms with E-state index in [0.29, 0.717) is 13.0 Å². The predicted octanol–water partition coefficient (Wildman–Crippen LogP) is 4.49. The number of unbranched alkanes of at least 4 members (excludes halogenated alkanes) is 5. The van der Waals surface area contributed by atoms with E-state index in [0.717, 1.165) is 25.3 Å². The van der Waals surface area contributed by atoms with Crippen LogP contribution in [0.3, 0.4) is 0 Å². The van der Waals surface area contributed by atoms with Gasteiger partial charge in [0.05, 0.1) is 13.2 Å². The Kier molecular flexibility index (Phi) is 10.4. The third kappa shape index (κ3) is 8.83. The average Bonchev–Trinajstić information content (AvgIpc) is 2.55. The van der Waals surface area contributed by atoms with Crippen molar-refractivity contribution in [1.29, 1.82) is 0 Å². The Morgan fingerprint density at radius 1 is 1.00 bits per heavy atom. The van der Waals surface area contributed by atoms with Crippen LogP contribution in [-0.4, -0.2) is 18.9 Å². The molecule has 0 saturated heterocycles. The molecule has 0 aliphatic carbocycles. The maximum atomic E-state index is 11.2. The molecule has 1 aromatic carbocycles. The molecule has 0 atom stereocenters. The van der Waals surface area contributed by atoms with E-state index < -0.39 is 0 Å². The highest BCUT2D eigenvalue weighted by molar-refractivity contribution is 5.80. The summed E-state index contributed by atoms with van der Waals surface area (Å²) >= 11 is 0. The van der Waals surface area contributed by atoms with Crippen molar-refractivity contribution in [3.63, 3.8) is 0 Å². The molecule has 0 unspecified atom stereocenters. The standard InChI is InChI=1S/C19H31NO2/c1-3-5-6-7-8-9-14-22-19-12-10-17(11-13-19)15-20-16-18(21)4-2/h10-13,20H,3-9,14-16H2,1-2H3. The molecule has 0 bridgehead atoms. The van der Waals surface area contributed by atoms with Crippen LogP contribution in [0.1, 0.15) is 64.4 Å². The van der Waals surface area contributed by atoms with E-state index in [4.69, 9.17) is 4.74 Å². The van der Waals surface area contributed by atoms with Crippen LogP contribution in [0.4, 0.5) is 0 Å². The van der Waals surface area contributed by atoms with Gasteiger partial charge in [-0.15, -0.1) is 0 Å². The summed E-state index contributed by atoms with van der Waals surface area (Å²) in [6.07, 6.45) is 8.29. The molecule has 0 aliphatic rings. The smallest absolute Gasteiger partial charge is 0.146 e. The van der Waals surface area contributed by atoms with Crippen LogP contribution in [0.25, 0.3) is 0 Å². The molecule has 1 N–H and O–H groups in total. The van der Waals surface area contributed by atoms with Crippen molar-refractivity contribution in [2.45, 2.75) is 65.3 Å². The Labute approximate surface area is 135 Å². The summed E-state index contributed by atoms with van der Waals surface area (Å²) in [5, 5.41) is 3.16. The fourth-order valence-electron chi connectivity index (χ4n) is 2.25. The van der Waals surface area contributed by atoms with Gasteiger partial charge in [-0.3, -0.25) is 4.79 Å². The van der Waals surface area contributed by atoms with Gasteiger partial charge in [0.15, 0.2) is 0 Å². The first-order valence-electron chi connectivity index (χ1n) is 8.70. The van der Waals surface area contributed by atoms with E-state index in [1.54, 1.807) is 0 Å². The Morgan fingerprint density at radius 3 is 2.36 bits per heavy atom. The number of nitrogens with one attached hydrogen (secondary N) is 1. The summed E-state index contributed by atoms with van der Waals surface area (Å²) in [4.78, 5) is 11.2. The van der Waals surface area contributed by atoms with Crippen molar-refractivity contribution < 1.29 is 9.53 Å². The lowest BCUT2D eigenvalue weighted by Gasteiger charge is -2.08. The van der Waals surface area contributed by atoms with Gasteiger partial charge in [0.1, 0.15) is 11.5 Å². The molecule has 0 aromatic heterocycles. The Hall–Kier alpha value is -1.35. The van der Waals surface area contributed by atoms with Crippen LogP contribution < -0.4 is 10.1 Å². The highest BCUT2D eigenvalue weighted by atomic mass is 16.5. The highest BCUT2D eigenvalue weighted by Crippen LogP contribution is 2.13. The minimum Gasteiger partial charge on any atom is -0.494 e. The molecule has 0 radical (unpaired) electrons. The topological polar surface area (TPSA) is 38.3 Å². The molecule has 22 heavy (non-hydrogen) atoms. The van der Waals surface area contributed by atoms with Crippen LogP contribution >= 0.6 is 0 Å². The largest absolute Gasteiger partial charge is 0.494 e. The molecule has 0 amide bonds. The Morgan fingerprint density at radius 2 is 1.68 bits per heavy atom. The molecule has 0 aliphatic heterocycles. The first-order chi connectivity index (χ1) is 10.8. The van der Waals surface area contributed by atoms with E-state index >= 15 is 0 Å². The number of carbonyl (C=O) groups is 1. The van der Waals surface area contributed by atoms with Crippen molar-refractivity contribution >= 4 is 5.78 Å². The molecule has 0 fully saturated rings. The molecule has 3 heteroatoms. The van der Waals surface area contributed by atoms with Gasteiger partial charge in [-0.05, 0) is 24.1 Å². The second-order valence-electron chi connectivity index (χ2n) is 5.76. The quantitative estimate of drug-likeness (QED) is 0.545. The van der Waals surface area contributed by atoms with Gasteiger partial charge < -0.3 is 10.1 Å². The molecule has 124 valence electrons. The number of ether oxygens (including phenoxy) is 1. The van der Waals surface area contributed by atoms with Crippen molar-refractivity contribution in [2.24, 2.45) is 0 Å². The zero-order valence-corrected chi connectivity index (χ0v) is 14.2. The van der Waals surface area contributed by atoms with E-state index in [1.165, 1.54) is 37.7 Å². The highest BCUT2D eigenvalue weighted by Gasteiger charge is 1.99. The van der Waals surface area contributed by atoms with Gasteiger partial charge in [0.2, 0.25) is 0 Å². The lowest BCUT2D eigenvalue weighted by Crippen LogP contribution is -2.21. The monoisotopic (exact) mass is 305 g/mol. The van der Waals surface area contributed by atoms with Gasteiger partial charge in [-0.25, -0.2) is 0 Å². The van der Waals surface area contributed by atoms with Crippen LogP contribution in [0.2, 0.25) is 0 Å². The van der Waals surface area contributed by atoms with Gasteiger partial charge >= 0.3 is 0 Å². The molecule has 3 nitrogen and oxygen atoms in total. The van der Waals surface area contributed by atoms with E-state index in [9.17, 15) is 4.79 Å². The number of hydrogen-bond acceptors (Lipinski definition) is 3. The van der Waals surface area contributed by atoms with Crippen molar-refractivity contribution in [3.05, 3.63) is 29.8 Å². The number of carbonyl (C=O) groups excluding carboxylic acids is 1. The van der Waals surface area contributed by atoms with E-state index in [1.807, 2.05) is 19.1 Å². The molecule has 1 aromatic rings. The minimum atomic E-state index is 0.249. The second kappa shape index (κ2) is 12.2. The van der Waals surface area contributed by atoms with Crippen molar-refractivity contribution in [1.82, 2.24) is 5.32 Å². The normalized spacial score (nSPS) is 10.6. The van der Waals surface area contributed by atoms with Gasteiger partial charge in [0.25, 0.3) is 0 Å².